The molecule has 6 rings (SSSR count). The number of anilines is 1. The molecule has 0 unspecified atom stereocenters. The number of aryl methyl sites for hydroxylation is 1. The van der Waals surface area contributed by atoms with Gasteiger partial charge in [-0.2, -0.15) is 13.2 Å². The van der Waals surface area contributed by atoms with Gasteiger partial charge < -0.3 is 10.2 Å². The van der Waals surface area contributed by atoms with Crippen LogP contribution < -0.4 is 14.8 Å². The number of fused-ring (bicyclic) bond motifs is 1. The number of alkyl halides is 3. The maximum atomic E-state index is 14.3. The lowest BCUT2D eigenvalue weighted by Crippen LogP contribution is -2.47. The van der Waals surface area contributed by atoms with Gasteiger partial charge in [-0.15, -0.1) is 0 Å². The van der Waals surface area contributed by atoms with Crippen LogP contribution in [0.5, 0.6) is 0 Å². The Morgan fingerprint density at radius 1 is 1.20 bits per heavy atom. The predicted octanol–water partition coefficient (Wildman–Crippen LogP) is 4.20. The number of carbonyl (C=O) groups excluding carboxylic acids is 1. The number of hydrogen-bond donors (Lipinski definition) is 1. The van der Waals surface area contributed by atoms with Crippen molar-refractivity contribution >= 4 is 21.4 Å². The molecule has 0 atom stereocenters. The zero-order valence-corrected chi connectivity index (χ0v) is 24.0. The van der Waals surface area contributed by atoms with Crippen LogP contribution in [0, 0.1) is 0 Å². The Kier molecular flexibility index (Phi) is 6.57. The molecule has 1 amide bonds. The summed E-state index contributed by atoms with van der Waals surface area (Å²) in [7, 11) is -1.40. The van der Waals surface area contributed by atoms with Crippen LogP contribution in [0.25, 0.3) is 5.69 Å². The number of sulfone groups is 1. The van der Waals surface area contributed by atoms with Gasteiger partial charge in [0.05, 0.1) is 30.1 Å². The van der Waals surface area contributed by atoms with Crippen molar-refractivity contribution in [3.05, 3.63) is 70.8 Å². The highest BCUT2D eigenvalue weighted by molar-refractivity contribution is 7.91. The van der Waals surface area contributed by atoms with Gasteiger partial charge in [-0.05, 0) is 74.3 Å². The molecule has 218 valence electrons. The minimum Gasteiger partial charge on any atom is -0.307 e. The first kappa shape index (κ1) is 27.9. The SMILES string of the molecule is C[n+]1cnn(-c2c(C3CC(S(C)(=O)=O)C3)cccc2N2Cc3c(cc(CNC4(C)CCC4)cc3C(F)(F)F)C2=O)c1. The van der Waals surface area contributed by atoms with Crippen molar-refractivity contribution in [1.82, 2.24) is 15.1 Å². The van der Waals surface area contributed by atoms with Crippen molar-refractivity contribution < 1.29 is 31.0 Å². The second-order valence-electron chi connectivity index (χ2n) is 12.0. The fourth-order valence-electron chi connectivity index (χ4n) is 6.22. The normalized spacial score (nSPS) is 21.9. The number of para-hydroxylation sites is 1. The predicted molar refractivity (Wildman–Crippen MR) is 146 cm³/mol. The average molecular weight is 589 g/mol. The number of aromatic nitrogens is 3. The zero-order chi connectivity index (χ0) is 29.3. The molecule has 41 heavy (non-hydrogen) atoms. The van der Waals surface area contributed by atoms with Gasteiger partial charge >= 0.3 is 6.18 Å². The number of carbonyl (C=O) groups is 1. The third-order valence-corrected chi connectivity index (χ3v) is 10.5. The number of benzene rings is 2. The van der Waals surface area contributed by atoms with Gasteiger partial charge in [0, 0.05) is 34.6 Å². The first-order valence-corrected chi connectivity index (χ1v) is 15.7. The lowest BCUT2D eigenvalue weighted by atomic mass is 9.78. The van der Waals surface area contributed by atoms with E-state index in [4.69, 9.17) is 0 Å². The van der Waals surface area contributed by atoms with Crippen molar-refractivity contribution in [1.29, 1.82) is 0 Å². The molecule has 3 aromatic rings. The number of hydrogen-bond acceptors (Lipinski definition) is 5. The molecule has 3 aliphatic rings. The summed E-state index contributed by atoms with van der Waals surface area (Å²) in [5.74, 6) is -0.588. The maximum absolute atomic E-state index is 14.3. The van der Waals surface area contributed by atoms with Crippen molar-refractivity contribution in [2.45, 2.75) is 75.0 Å². The van der Waals surface area contributed by atoms with E-state index in [0.29, 0.717) is 29.8 Å². The van der Waals surface area contributed by atoms with Crippen LogP contribution in [0.2, 0.25) is 0 Å². The smallest absolute Gasteiger partial charge is 0.307 e. The molecular formula is C29H33F3N5O3S+. The van der Waals surface area contributed by atoms with E-state index in [2.05, 4.69) is 17.3 Å². The lowest BCUT2D eigenvalue weighted by molar-refractivity contribution is -0.672. The molecule has 2 saturated carbocycles. The van der Waals surface area contributed by atoms with Crippen molar-refractivity contribution in [2.75, 3.05) is 11.2 Å². The van der Waals surface area contributed by atoms with E-state index in [1.54, 1.807) is 47.2 Å². The molecule has 0 saturated heterocycles. The summed E-state index contributed by atoms with van der Waals surface area (Å²) >= 11 is 0. The molecule has 12 heteroatoms. The van der Waals surface area contributed by atoms with E-state index < -0.39 is 32.7 Å². The molecule has 1 aliphatic heterocycles. The monoisotopic (exact) mass is 588 g/mol. The zero-order valence-electron chi connectivity index (χ0n) is 23.2. The molecule has 2 fully saturated rings. The van der Waals surface area contributed by atoms with Gasteiger partial charge in [0.2, 0.25) is 6.33 Å². The summed E-state index contributed by atoms with van der Waals surface area (Å²) in [6, 6.07) is 8.10. The second kappa shape index (κ2) is 9.65. The molecular weight excluding hydrogens is 555 g/mol. The highest BCUT2D eigenvalue weighted by Gasteiger charge is 2.44. The van der Waals surface area contributed by atoms with Crippen molar-refractivity contribution in [3.8, 4) is 5.69 Å². The minimum absolute atomic E-state index is 0.0377. The summed E-state index contributed by atoms with van der Waals surface area (Å²) in [6.07, 6.45) is 3.80. The Hall–Kier alpha value is -3.25. The van der Waals surface area contributed by atoms with Crippen LogP contribution in [-0.4, -0.2) is 41.2 Å². The van der Waals surface area contributed by atoms with Crippen LogP contribution in [0.3, 0.4) is 0 Å². The Bertz CT molecular complexity index is 1640. The Labute approximate surface area is 237 Å². The van der Waals surface area contributed by atoms with E-state index in [1.807, 2.05) is 6.07 Å². The summed E-state index contributed by atoms with van der Waals surface area (Å²) in [6.45, 7) is 2.08. The Balaban J connectivity index is 1.40. The van der Waals surface area contributed by atoms with E-state index in [-0.39, 0.29) is 35.7 Å². The van der Waals surface area contributed by atoms with Gasteiger partial charge in [-0.1, -0.05) is 16.8 Å². The van der Waals surface area contributed by atoms with E-state index in [1.165, 1.54) is 11.2 Å². The summed E-state index contributed by atoms with van der Waals surface area (Å²) in [4.78, 5) is 15.2. The molecule has 0 radical (unpaired) electrons. The molecule has 2 heterocycles. The molecule has 1 N–H and O–H groups in total. The average Bonchev–Trinajstić information content (AvgIpc) is 3.41. The topological polar surface area (TPSA) is 88.2 Å². The van der Waals surface area contributed by atoms with Crippen LogP contribution in [0.4, 0.5) is 18.9 Å². The van der Waals surface area contributed by atoms with Crippen molar-refractivity contribution in [2.24, 2.45) is 7.05 Å². The lowest BCUT2D eigenvalue weighted by Gasteiger charge is -2.39. The first-order chi connectivity index (χ1) is 19.2. The van der Waals surface area contributed by atoms with E-state index in [0.717, 1.165) is 30.9 Å². The molecule has 0 spiro atoms. The van der Waals surface area contributed by atoms with E-state index in [9.17, 15) is 26.4 Å². The second-order valence-corrected chi connectivity index (χ2v) is 14.3. The highest BCUT2D eigenvalue weighted by Crippen LogP contribution is 2.46. The van der Waals surface area contributed by atoms with Crippen molar-refractivity contribution in [3.63, 3.8) is 0 Å². The highest BCUT2D eigenvalue weighted by atomic mass is 32.2. The van der Waals surface area contributed by atoms with Gasteiger partial charge in [-0.3, -0.25) is 4.79 Å². The molecule has 2 aromatic carbocycles. The third kappa shape index (κ3) is 5.05. The van der Waals surface area contributed by atoms with Crippen LogP contribution >= 0.6 is 0 Å². The van der Waals surface area contributed by atoms with E-state index >= 15 is 0 Å². The van der Waals surface area contributed by atoms with Crippen LogP contribution in [-0.2, 0) is 36.2 Å². The van der Waals surface area contributed by atoms with Gasteiger partial charge in [-0.25, -0.2) is 13.0 Å². The minimum atomic E-state index is -4.62. The summed E-state index contributed by atoms with van der Waals surface area (Å²) in [5.41, 5.74) is 1.37. The molecule has 0 bridgehead atoms. The number of nitrogens with one attached hydrogen (secondary N) is 1. The first-order valence-electron chi connectivity index (χ1n) is 13.8. The number of halogens is 3. The molecule has 2 aliphatic carbocycles. The van der Waals surface area contributed by atoms with Gasteiger partial charge in [0.1, 0.15) is 9.84 Å². The number of nitrogens with zero attached hydrogens (tertiary/aromatic N) is 4. The standard InChI is InChI=1S/C29H33F3N5O3S/c1-28(8-5-9-28)33-14-18-10-22-23(24(11-18)29(30,31)32)15-36(27(22)38)25-7-4-6-21(19-12-20(13-19)41(3,39)40)26(25)37-17-35(2)16-34-37/h4,6-7,10-11,16-17,19-20,33H,5,8-9,12-15H2,1-3H3/q+1. The van der Waals surface area contributed by atoms with Gasteiger partial charge in [0.15, 0.2) is 5.69 Å². The molecule has 1 aromatic heterocycles. The number of amides is 1. The molecule has 8 nitrogen and oxygen atoms in total. The quantitative estimate of drug-likeness (QED) is 0.418. The summed E-state index contributed by atoms with van der Waals surface area (Å²) < 4.78 is 70.5. The van der Waals surface area contributed by atoms with Gasteiger partial charge in [0.25, 0.3) is 12.2 Å². The maximum Gasteiger partial charge on any atom is 0.416 e. The Morgan fingerprint density at radius 3 is 2.51 bits per heavy atom. The van der Waals surface area contributed by atoms with Crippen LogP contribution in [0.15, 0.2) is 43.0 Å². The Morgan fingerprint density at radius 2 is 1.93 bits per heavy atom. The fraction of sp³-hybridized carbons (Fsp3) is 0.483. The summed E-state index contributed by atoms with van der Waals surface area (Å²) in [5, 5.41) is 7.35. The largest absolute Gasteiger partial charge is 0.416 e. The number of rotatable bonds is 7. The fourth-order valence-corrected chi connectivity index (χ4v) is 7.38. The van der Waals surface area contributed by atoms with Crippen LogP contribution in [0.1, 0.15) is 77.6 Å². The third-order valence-electron chi connectivity index (χ3n) is 8.94.